The lowest BCUT2D eigenvalue weighted by molar-refractivity contribution is -0.136. The molecule has 0 atom stereocenters. The van der Waals surface area contributed by atoms with Crippen LogP contribution in [-0.2, 0) is 9.59 Å². The smallest absolute Gasteiger partial charge is 0.223 e. The molecule has 0 aromatic rings. The number of amides is 2. The number of aliphatic hydroxyl groups is 1. The lowest BCUT2D eigenvalue weighted by Crippen LogP contribution is -2.47. The summed E-state index contributed by atoms with van der Waals surface area (Å²) >= 11 is 0. The first-order valence-corrected chi connectivity index (χ1v) is 8.23. The number of nitrogens with zero attached hydrogens (tertiary/aromatic N) is 1. The first kappa shape index (κ1) is 18.0. The molecule has 1 heterocycles. The Morgan fingerprint density at radius 3 is 2.24 bits per heavy atom. The number of piperidine rings is 1. The van der Waals surface area contributed by atoms with Crippen LogP contribution in [-0.4, -0.2) is 47.1 Å². The number of carbonyl (C=O) groups excluding carboxylic acids is 2. The van der Waals surface area contributed by atoms with Gasteiger partial charge in [-0.05, 0) is 32.1 Å². The zero-order valence-corrected chi connectivity index (χ0v) is 13.7. The van der Waals surface area contributed by atoms with Crippen LogP contribution in [0.4, 0.5) is 0 Å². The Bertz CT molecular complexity index is 345. The van der Waals surface area contributed by atoms with E-state index in [9.17, 15) is 14.7 Å². The van der Waals surface area contributed by atoms with Gasteiger partial charge >= 0.3 is 0 Å². The molecule has 0 spiro atoms. The van der Waals surface area contributed by atoms with Crippen molar-refractivity contribution in [2.75, 3.05) is 19.6 Å². The molecule has 0 bridgehead atoms. The van der Waals surface area contributed by atoms with Crippen molar-refractivity contribution >= 4 is 11.8 Å². The average Bonchev–Trinajstić information content (AvgIpc) is 2.52. The summed E-state index contributed by atoms with van der Waals surface area (Å²) in [5, 5.41) is 13.1. The van der Waals surface area contributed by atoms with Gasteiger partial charge in [0.1, 0.15) is 0 Å². The molecule has 1 aliphatic rings. The van der Waals surface area contributed by atoms with Gasteiger partial charge in [-0.15, -0.1) is 0 Å². The van der Waals surface area contributed by atoms with Gasteiger partial charge in [0.25, 0.3) is 0 Å². The Hall–Kier alpha value is -1.10. The molecular weight excluding hydrogens is 268 g/mol. The fraction of sp³-hybridized carbons (Fsp3) is 0.875. The number of likely N-dealkylation sites (tertiary alicyclic amines) is 1. The molecule has 5 heteroatoms. The van der Waals surface area contributed by atoms with Gasteiger partial charge in [-0.1, -0.05) is 20.8 Å². The molecular formula is C16H30N2O3. The highest BCUT2D eigenvalue weighted by Gasteiger charge is 2.29. The van der Waals surface area contributed by atoms with Crippen LogP contribution >= 0.6 is 0 Å². The first-order chi connectivity index (χ1) is 9.95. The van der Waals surface area contributed by atoms with Crippen molar-refractivity contribution < 1.29 is 14.7 Å². The molecule has 0 aliphatic carbocycles. The van der Waals surface area contributed by atoms with Gasteiger partial charge in [-0.2, -0.15) is 0 Å². The molecule has 0 unspecified atom stereocenters. The first-order valence-electron chi connectivity index (χ1n) is 8.23. The Balaban J connectivity index is 2.37. The molecule has 1 saturated heterocycles. The summed E-state index contributed by atoms with van der Waals surface area (Å²) in [6, 6.07) is 0. The van der Waals surface area contributed by atoms with Crippen LogP contribution in [0.5, 0.6) is 0 Å². The molecule has 0 aromatic heterocycles. The van der Waals surface area contributed by atoms with E-state index in [1.165, 1.54) is 0 Å². The maximum Gasteiger partial charge on any atom is 0.223 e. The number of hydrogen-bond donors (Lipinski definition) is 2. The van der Waals surface area contributed by atoms with Crippen LogP contribution in [0, 0.1) is 5.92 Å². The Labute approximate surface area is 128 Å². The predicted molar refractivity (Wildman–Crippen MR) is 82.8 cm³/mol. The second kappa shape index (κ2) is 8.37. The lowest BCUT2D eigenvalue weighted by atomic mass is 9.94. The van der Waals surface area contributed by atoms with E-state index in [-0.39, 0.29) is 17.7 Å². The standard InChI is InChI=1S/C16H30N2O3/c1-4-7-14(19)18-10-8-13(9-11-18)15(20)17-12-16(21,5-2)6-3/h13,21H,4-12H2,1-3H3,(H,17,20). The van der Waals surface area contributed by atoms with E-state index in [1.807, 2.05) is 25.7 Å². The molecule has 2 N–H and O–H groups in total. The van der Waals surface area contributed by atoms with Crippen molar-refractivity contribution in [2.24, 2.45) is 5.92 Å². The van der Waals surface area contributed by atoms with Gasteiger partial charge in [0.15, 0.2) is 0 Å². The van der Waals surface area contributed by atoms with Gasteiger partial charge in [0.2, 0.25) is 11.8 Å². The number of nitrogens with one attached hydrogen (secondary N) is 1. The third kappa shape index (κ3) is 5.30. The Morgan fingerprint density at radius 2 is 1.76 bits per heavy atom. The minimum absolute atomic E-state index is 0.0120. The van der Waals surface area contributed by atoms with E-state index in [0.717, 1.165) is 19.3 Å². The van der Waals surface area contributed by atoms with Crippen LogP contribution < -0.4 is 5.32 Å². The van der Waals surface area contributed by atoms with Crippen molar-refractivity contribution in [3.05, 3.63) is 0 Å². The Morgan fingerprint density at radius 1 is 1.19 bits per heavy atom. The monoisotopic (exact) mass is 298 g/mol. The molecule has 1 aliphatic heterocycles. The maximum atomic E-state index is 12.2. The summed E-state index contributed by atoms with van der Waals surface area (Å²) in [4.78, 5) is 25.8. The third-order valence-corrected chi connectivity index (χ3v) is 4.59. The average molecular weight is 298 g/mol. The van der Waals surface area contributed by atoms with Gasteiger partial charge in [0, 0.05) is 32.0 Å². The quantitative estimate of drug-likeness (QED) is 0.751. The zero-order chi connectivity index (χ0) is 15.9. The molecule has 1 rings (SSSR count). The van der Waals surface area contributed by atoms with Crippen molar-refractivity contribution in [1.29, 1.82) is 0 Å². The number of hydrogen-bond acceptors (Lipinski definition) is 3. The summed E-state index contributed by atoms with van der Waals surface area (Å²) in [5.41, 5.74) is -0.798. The summed E-state index contributed by atoms with van der Waals surface area (Å²) in [5.74, 6) is 0.175. The predicted octanol–water partition coefficient (Wildman–Crippen LogP) is 1.69. The normalized spacial score (nSPS) is 16.9. The Kier molecular flexibility index (Phi) is 7.15. The largest absolute Gasteiger partial charge is 0.388 e. The summed E-state index contributed by atoms with van der Waals surface area (Å²) in [6.07, 6.45) is 4.17. The van der Waals surface area contributed by atoms with Crippen molar-refractivity contribution in [1.82, 2.24) is 10.2 Å². The van der Waals surface area contributed by atoms with E-state index in [1.54, 1.807) is 0 Å². The fourth-order valence-corrected chi connectivity index (χ4v) is 2.66. The highest BCUT2D eigenvalue weighted by molar-refractivity contribution is 5.80. The van der Waals surface area contributed by atoms with E-state index in [2.05, 4.69) is 5.32 Å². The third-order valence-electron chi connectivity index (χ3n) is 4.59. The molecule has 0 saturated carbocycles. The van der Waals surface area contributed by atoms with Crippen molar-refractivity contribution in [3.63, 3.8) is 0 Å². The molecule has 5 nitrogen and oxygen atoms in total. The minimum atomic E-state index is -0.798. The van der Waals surface area contributed by atoms with Gasteiger partial charge in [-0.3, -0.25) is 9.59 Å². The van der Waals surface area contributed by atoms with E-state index >= 15 is 0 Å². The van der Waals surface area contributed by atoms with Crippen molar-refractivity contribution in [2.45, 2.75) is 64.9 Å². The van der Waals surface area contributed by atoms with Gasteiger partial charge in [-0.25, -0.2) is 0 Å². The van der Waals surface area contributed by atoms with Crippen LogP contribution in [0.25, 0.3) is 0 Å². The van der Waals surface area contributed by atoms with Crippen molar-refractivity contribution in [3.8, 4) is 0 Å². The summed E-state index contributed by atoms with van der Waals surface area (Å²) < 4.78 is 0. The van der Waals surface area contributed by atoms with Gasteiger partial charge in [0.05, 0.1) is 5.60 Å². The molecule has 122 valence electrons. The van der Waals surface area contributed by atoms with Crippen LogP contribution in [0.2, 0.25) is 0 Å². The highest BCUT2D eigenvalue weighted by Crippen LogP contribution is 2.19. The van der Waals surface area contributed by atoms with Crippen LogP contribution in [0.1, 0.15) is 59.3 Å². The maximum absolute atomic E-state index is 12.2. The lowest BCUT2D eigenvalue weighted by Gasteiger charge is -2.32. The molecule has 21 heavy (non-hydrogen) atoms. The van der Waals surface area contributed by atoms with Crippen LogP contribution in [0.15, 0.2) is 0 Å². The van der Waals surface area contributed by atoms with E-state index < -0.39 is 5.60 Å². The molecule has 1 fully saturated rings. The molecule has 0 aromatic carbocycles. The summed E-state index contributed by atoms with van der Waals surface area (Å²) in [6.45, 7) is 7.50. The number of rotatable bonds is 7. The fourth-order valence-electron chi connectivity index (χ4n) is 2.66. The SMILES string of the molecule is CCCC(=O)N1CCC(C(=O)NCC(O)(CC)CC)CC1. The summed E-state index contributed by atoms with van der Waals surface area (Å²) in [7, 11) is 0. The van der Waals surface area contributed by atoms with Crippen LogP contribution in [0.3, 0.4) is 0 Å². The topological polar surface area (TPSA) is 69.6 Å². The second-order valence-electron chi connectivity index (χ2n) is 6.05. The number of carbonyl (C=O) groups is 2. The molecule has 2 amide bonds. The second-order valence-corrected chi connectivity index (χ2v) is 6.05. The zero-order valence-electron chi connectivity index (χ0n) is 13.7. The van der Waals surface area contributed by atoms with E-state index in [0.29, 0.717) is 38.9 Å². The highest BCUT2D eigenvalue weighted by atomic mass is 16.3. The minimum Gasteiger partial charge on any atom is -0.388 e. The van der Waals surface area contributed by atoms with Gasteiger partial charge < -0.3 is 15.3 Å². The van der Waals surface area contributed by atoms with E-state index in [4.69, 9.17) is 0 Å². The molecule has 0 radical (unpaired) electrons.